The van der Waals surface area contributed by atoms with E-state index in [1.807, 2.05) is 19.1 Å². The lowest BCUT2D eigenvalue weighted by Gasteiger charge is -2.14. The summed E-state index contributed by atoms with van der Waals surface area (Å²) in [6.45, 7) is 3.81. The fourth-order valence-corrected chi connectivity index (χ4v) is 4.57. The topological polar surface area (TPSA) is 83.1 Å². The Kier molecular flexibility index (Phi) is 7.84. The van der Waals surface area contributed by atoms with Crippen LogP contribution in [0, 0.1) is 6.92 Å². The Morgan fingerprint density at radius 2 is 1.61 bits per heavy atom. The van der Waals surface area contributed by atoms with Gasteiger partial charge in [0.2, 0.25) is 5.75 Å². The lowest BCUT2D eigenvalue weighted by Crippen LogP contribution is -2.15. The monoisotopic (exact) mass is 489 g/mol. The van der Waals surface area contributed by atoms with Crippen LogP contribution in [-0.4, -0.2) is 39.8 Å². The summed E-state index contributed by atoms with van der Waals surface area (Å²) in [6, 6.07) is 10.2. The van der Waals surface area contributed by atoms with E-state index in [2.05, 4.69) is 5.32 Å². The zero-order valence-electron chi connectivity index (χ0n) is 18.9. The van der Waals surface area contributed by atoms with Crippen molar-refractivity contribution in [2.24, 2.45) is 0 Å². The molecular formula is C24H24ClNO6S. The third-order valence-corrected chi connectivity index (χ3v) is 6.12. The minimum absolute atomic E-state index is 0.202. The number of carbonyl (C=O) groups is 2. The zero-order chi connectivity index (χ0) is 24.1. The van der Waals surface area contributed by atoms with Gasteiger partial charge in [0.15, 0.2) is 11.5 Å². The van der Waals surface area contributed by atoms with Gasteiger partial charge in [-0.3, -0.25) is 4.79 Å². The number of methoxy groups -OCH3 is 3. The molecular weight excluding hydrogens is 466 g/mol. The molecule has 1 aromatic heterocycles. The second-order valence-corrected chi connectivity index (χ2v) is 8.49. The first kappa shape index (κ1) is 24.4. The van der Waals surface area contributed by atoms with Crippen LogP contribution in [0.4, 0.5) is 5.00 Å². The van der Waals surface area contributed by atoms with E-state index >= 15 is 0 Å². The summed E-state index contributed by atoms with van der Waals surface area (Å²) in [7, 11) is 4.43. The summed E-state index contributed by atoms with van der Waals surface area (Å²) in [5.41, 5.74) is 2.06. The number of esters is 1. The number of ether oxygens (including phenoxy) is 4. The molecule has 0 atom stereocenters. The molecule has 0 saturated carbocycles. The first-order valence-corrected chi connectivity index (χ1v) is 11.2. The second-order valence-electron chi connectivity index (χ2n) is 6.83. The van der Waals surface area contributed by atoms with Crippen molar-refractivity contribution in [3.63, 3.8) is 0 Å². The molecule has 0 aliphatic rings. The third kappa shape index (κ3) is 5.07. The summed E-state index contributed by atoms with van der Waals surface area (Å²) in [5.74, 6) is 0.102. The van der Waals surface area contributed by atoms with Gasteiger partial charge in [-0.15, -0.1) is 11.3 Å². The van der Waals surface area contributed by atoms with Crippen molar-refractivity contribution in [3.05, 3.63) is 57.4 Å². The number of carbonyl (C=O) groups excluding carboxylic acids is 2. The van der Waals surface area contributed by atoms with Crippen LogP contribution in [0.25, 0.3) is 11.1 Å². The molecule has 9 heteroatoms. The Morgan fingerprint density at radius 1 is 1.00 bits per heavy atom. The smallest absolute Gasteiger partial charge is 0.341 e. The van der Waals surface area contributed by atoms with Crippen LogP contribution in [0.2, 0.25) is 5.02 Å². The van der Waals surface area contributed by atoms with Gasteiger partial charge in [-0.2, -0.15) is 0 Å². The fraction of sp³-hybridized carbons (Fsp3) is 0.250. The standard InChI is InChI=1S/C24H24ClNO6S/c1-6-32-24(28)20-19(14-7-9-16(25)10-8-14)13(2)33-23(20)26-22(27)15-11-17(29-3)21(31-5)18(12-15)30-4/h7-12H,6H2,1-5H3,(H,26,27). The van der Waals surface area contributed by atoms with Gasteiger partial charge in [-0.25, -0.2) is 4.79 Å². The lowest BCUT2D eigenvalue weighted by molar-refractivity contribution is 0.0529. The quantitative estimate of drug-likeness (QED) is 0.401. The summed E-state index contributed by atoms with van der Waals surface area (Å²) >= 11 is 7.32. The first-order valence-electron chi connectivity index (χ1n) is 10.0. The number of halogens is 1. The van der Waals surface area contributed by atoms with Crippen LogP contribution >= 0.6 is 22.9 Å². The zero-order valence-corrected chi connectivity index (χ0v) is 20.5. The number of benzene rings is 2. The Bertz CT molecular complexity index is 1150. The van der Waals surface area contributed by atoms with Gasteiger partial charge in [0.1, 0.15) is 10.6 Å². The highest BCUT2D eigenvalue weighted by molar-refractivity contribution is 7.17. The largest absolute Gasteiger partial charge is 0.493 e. The third-order valence-electron chi connectivity index (χ3n) is 4.85. The molecule has 0 radical (unpaired) electrons. The number of hydrogen-bond acceptors (Lipinski definition) is 7. The predicted molar refractivity (Wildman–Crippen MR) is 130 cm³/mol. The van der Waals surface area contributed by atoms with Crippen LogP contribution in [0.3, 0.4) is 0 Å². The molecule has 0 aliphatic heterocycles. The van der Waals surface area contributed by atoms with Gasteiger partial charge in [-0.05, 0) is 43.7 Å². The van der Waals surface area contributed by atoms with Crippen LogP contribution in [0.5, 0.6) is 17.2 Å². The summed E-state index contributed by atoms with van der Waals surface area (Å²) in [4.78, 5) is 26.9. The number of aryl methyl sites for hydroxylation is 1. The van der Waals surface area contributed by atoms with E-state index in [9.17, 15) is 9.59 Å². The summed E-state index contributed by atoms with van der Waals surface area (Å²) in [6.07, 6.45) is 0. The van der Waals surface area contributed by atoms with Gasteiger partial charge < -0.3 is 24.3 Å². The number of rotatable bonds is 8. The Morgan fingerprint density at radius 3 is 2.12 bits per heavy atom. The molecule has 0 saturated heterocycles. The van der Waals surface area contributed by atoms with Crippen molar-refractivity contribution >= 4 is 39.8 Å². The lowest BCUT2D eigenvalue weighted by atomic mass is 10.0. The average Bonchev–Trinajstić information content (AvgIpc) is 3.13. The molecule has 0 aliphatic carbocycles. The average molecular weight is 490 g/mol. The van der Waals surface area contributed by atoms with Gasteiger partial charge in [0, 0.05) is 21.0 Å². The van der Waals surface area contributed by atoms with Crippen molar-refractivity contribution in [2.45, 2.75) is 13.8 Å². The van der Waals surface area contributed by atoms with Gasteiger partial charge in [0.25, 0.3) is 5.91 Å². The van der Waals surface area contributed by atoms with E-state index in [1.54, 1.807) is 31.2 Å². The molecule has 33 heavy (non-hydrogen) atoms. The highest BCUT2D eigenvalue weighted by Crippen LogP contribution is 2.42. The van der Waals surface area contributed by atoms with Crippen molar-refractivity contribution in [1.82, 2.24) is 0 Å². The van der Waals surface area contributed by atoms with Crippen LogP contribution < -0.4 is 19.5 Å². The minimum Gasteiger partial charge on any atom is -0.493 e. The number of anilines is 1. The fourth-order valence-electron chi connectivity index (χ4n) is 3.38. The molecule has 0 fully saturated rings. The molecule has 0 unspecified atom stereocenters. The van der Waals surface area contributed by atoms with Gasteiger partial charge in [-0.1, -0.05) is 23.7 Å². The van der Waals surface area contributed by atoms with Crippen molar-refractivity contribution < 1.29 is 28.5 Å². The maximum absolute atomic E-state index is 13.2. The molecule has 3 aromatic rings. The number of hydrogen-bond donors (Lipinski definition) is 1. The van der Waals surface area contributed by atoms with Crippen LogP contribution in [-0.2, 0) is 4.74 Å². The van der Waals surface area contributed by atoms with E-state index in [4.69, 9.17) is 30.5 Å². The van der Waals surface area contributed by atoms with Gasteiger partial charge >= 0.3 is 5.97 Å². The molecule has 174 valence electrons. The molecule has 0 spiro atoms. The normalized spacial score (nSPS) is 10.5. The molecule has 2 aromatic carbocycles. The second kappa shape index (κ2) is 10.6. The van der Waals surface area contributed by atoms with Crippen molar-refractivity contribution in [3.8, 4) is 28.4 Å². The maximum Gasteiger partial charge on any atom is 0.341 e. The molecule has 3 rings (SSSR count). The molecule has 1 heterocycles. The molecule has 1 N–H and O–H groups in total. The predicted octanol–water partition coefficient (Wildman–Crippen LogP) is 5.83. The molecule has 0 bridgehead atoms. The Balaban J connectivity index is 2.06. The minimum atomic E-state index is -0.521. The summed E-state index contributed by atoms with van der Waals surface area (Å²) < 4.78 is 21.3. The number of thiophene rings is 1. The van der Waals surface area contributed by atoms with E-state index in [-0.39, 0.29) is 12.2 Å². The maximum atomic E-state index is 13.2. The van der Waals surface area contributed by atoms with Crippen LogP contribution in [0.1, 0.15) is 32.5 Å². The molecule has 7 nitrogen and oxygen atoms in total. The van der Waals surface area contributed by atoms with E-state index in [0.717, 1.165) is 10.4 Å². The SMILES string of the molecule is CCOC(=O)c1c(NC(=O)c2cc(OC)c(OC)c(OC)c2)sc(C)c1-c1ccc(Cl)cc1. The Labute approximate surface area is 201 Å². The van der Waals surface area contributed by atoms with Crippen molar-refractivity contribution in [2.75, 3.05) is 33.3 Å². The Hall–Kier alpha value is -3.23. The van der Waals surface area contributed by atoms with Gasteiger partial charge in [0.05, 0.1) is 27.9 Å². The highest BCUT2D eigenvalue weighted by atomic mass is 35.5. The number of amides is 1. The molecule has 1 amide bonds. The van der Waals surface area contributed by atoms with E-state index in [1.165, 1.54) is 32.7 Å². The number of nitrogens with one attached hydrogen (secondary N) is 1. The van der Waals surface area contributed by atoms with E-state index in [0.29, 0.717) is 38.4 Å². The first-order chi connectivity index (χ1) is 15.8. The summed E-state index contributed by atoms with van der Waals surface area (Å²) in [5, 5.41) is 3.82. The highest BCUT2D eigenvalue weighted by Gasteiger charge is 2.26. The van der Waals surface area contributed by atoms with Crippen LogP contribution in [0.15, 0.2) is 36.4 Å². The van der Waals surface area contributed by atoms with E-state index < -0.39 is 11.9 Å². The van der Waals surface area contributed by atoms with Crippen molar-refractivity contribution in [1.29, 1.82) is 0 Å².